The largest absolute Gasteiger partial charge is 0.494 e. The van der Waals surface area contributed by atoms with Crippen molar-refractivity contribution in [2.24, 2.45) is 11.8 Å². The van der Waals surface area contributed by atoms with Crippen LogP contribution < -0.4 is 14.2 Å². The molecule has 2 fully saturated rings. The highest BCUT2D eigenvalue weighted by molar-refractivity contribution is 5.91. The molecule has 0 amide bonds. The third-order valence-electron chi connectivity index (χ3n) is 8.38. The van der Waals surface area contributed by atoms with Crippen LogP contribution in [0.25, 0.3) is 0 Å². The van der Waals surface area contributed by atoms with Crippen molar-refractivity contribution in [3.8, 4) is 17.2 Å². The summed E-state index contributed by atoms with van der Waals surface area (Å²) in [5.41, 5.74) is 0.325. The second kappa shape index (κ2) is 15.6. The summed E-state index contributed by atoms with van der Waals surface area (Å²) >= 11 is 0. The standard InChI is InChI=1S/C33H37F9O6/c1-2-3-4-5-6-17-44-23-9-7-21(8-10-23)28(43)47-25-13-11-24(12-14-25)45-20-26-15-16-27-22(19-46-29(27)48-26)18-30(34,35)31(36,37)32(38,39)33(40,41)42/h7-14,22,26-27,29H,2-6,15-20H2,1H3/t22-,26-,27-,29-/m0/s1. The van der Waals surface area contributed by atoms with Gasteiger partial charge in [-0.1, -0.05) is 32.6 Å². The lowest BCUT2D eigenvalue weighted by atomic mass is 9.82. The van der Waals surface area contributed by atoms with Crippen molar-refractivity contribution in [3.63, 3.8) is 0 Å². The number of benzene rings is 2. The average Bonchev–Trinajstić information content (AvgIpc) is 3.43. The molecule has 2 heterocycles. The molecule has 15 heteroatoms. The first-order valence-electron chi connectivity index (χ1n) is 15.7. The van der Waals surface area contributed by atoms with Crippen molar-refractivity contribution in [2.75, 3.05) is 19.8 Å². The fourth-order valence-corrected chi connectivity index (χ4v) is 5.58. The number of halogens is 9. The summed E-state index contributed by atoms with van der Waals surface area (Å²) in [5.74, 6) is -20.9. The highest BCUT2D eigenvalue weighted by Crippen LogP contribution is 2.56. The molecule has 0 radical (unpaired) electrons. The molecule has 2 aliphatic heterocycles. The number of alkyl halides is 9. The van der Waals surface area contributed by atoms with Gasteiger partial charge in [-0.05, 0) is 73.7 Å². The summed E-state index contributed by atoms with van der Waals surface area (Å²) in [6.07, 6.45) is -4.68. The van der Waals surface area contributed by atoms with Crippen LogP contribution in [0.1, 0.15) is 68.6 Å². The third-order valence-corrected chi connectivity index (χ3v) is 8.38. The molecular formula is C33H37F9O6. The maximum absolute atomic E-state index is 14.2. The van der Waals surface area contributed by atoms with Crippen LogP contribution in [0.3, 0.4) is 0 Å². The van der Waals surface area contributed by atoms with Crippen LogP contribution in [-0.4, -0.2) is 62.1 Å². The summed E-state index contributed by atoms with van der Waals surface area (Å²) in [7, 11) is 0. The van der Waals surface area contributed by atoms with Crippen LogP contribution in [0.5, 0.6) is 17.2 Å². The van der Waals surface area contributed by atoms with E-state index in [1.807, 2.05) is 0 Å². The van der Waals surface area contributed by atoms with Crippen molar-refractivity contribution in [2.45, 2.75) is 94.6 Å². The molecule has 2 aliphatic rings. The molecule has 4 rings (SSSR count). The van der Waals surface area contributed by atoms with E-state index < -0.39 is 67.2 Å². The highest BCUT2D eigenvalue weighted by atomic mass is 19.4. The Bertz CT molecular complexity index is 1320. The summed E-state index contributed by atoms with van der Waals surface area (Å²) in [4.78, 5) is 12.5. The molecule has 6 nitrogen and oxygen atoms in total. The van der Waals surface area contributed by atoms with E-state index in [2.05, 4.69) is 6.92 Å². The van der Waals surface area contributed by atoms with E-state index in [1.165, 1.54) is 43.5 Å². The van der Waals surface area contributed by atoms with Crippen molar-refractivity contribution in [1.82, 2.24) is 0 Å². The lowest BCUT2D eigenvalue weighted by Crippen LogP contribution is -2.61. The molecule has 0 spiro atoms. The number of rotatable bonds is 16. The minimum absolute atomic E-state index is 0.0322. The van der Waals surface area contributed by atoms with Crippen LogP contribution in [0, 0.1) is 11.8 Å². The van der Waals surface area contributed by atoms with Gasteiger partial charge in [0.25, 0.3) is 0 Å². The molecule has 0 aromatic heterocycles. The third kappa shape index (κ3) is 8.87. The van der Waals surface area contributed by atoms with Gasteiger partial charge in [0.1, 0.15) is 23.9 Å². The first kappa shape index (κ1) is 37.6. The number of carbonyl (C=O) groups excluding carboxylic acids is 1. The number of carbonyl (C=O) groups is 1. The number of unbranched alkanes of at least 4 members (excludes halogenated alkanes) is 4. The van der Waals surface area contributed by atoms with Crippen molar-refractivity contribution in [1.29, 1.82) is 0 Å². The smallest absolute Gasteiger partial charge is 0.460 e. The molecule has 0 saturated carbocycles. The molecule has 268 valence electrons. The lowest BCUT2D eigenvalue weighted by Gasteiger charge is -2.37. The van der Waals surface area contributed by atoms with Gasteiger partial charge in [-0.2, -0.15) is 39.5 Å². The first-order valence-corrected chi connectivity index (χ1v) is 15.7. The number of hydrogen-bond donors (Lipinski definition) is 0. The van der Waals surface area contributed by atoms with Crippen molar-refractivity contribution >= 4 is 5.97 Å². The maximum atomic E-state index is 14.2. The van der Waals surface area contributed by atoms with E-state index in [-0.39, 0.29) is 25.2 Å². The highest BCUT2D eigenvalue weighted by Gasteiger charge is 2.81. The minimum Gasteiger partial charge on any atom is -0.494 e. The van der Waals surface area contributed by atoms with Crippen molar-refractivity contribution < 1.29 is 68.0 Å². The van der Waals surface area contributed by atoms with Crippen LogP contribution in [0.15, 0.2) is 48.5 Å². The van der Waals surface area contributed by atoms with E-state index in [9.17, 15) is 44.3 Å². The van der Waals surface area contributed by atoms with E-state index in [0.717, 1.165) is 12.8 Å². The average molecular weight is 701 g/mol. The fourth-order valence-electron chi connectivity index (χ4n) is 5.58. The lowest BCUT2D eigenvalue weighted by molar-refractivity contribution is -0.398. The van der Waals surface area contributed by atoms with Gasteiger partial charge in [-0.25, -0.2) is 4.79 Å². The monoisotopic (exact) mass is 700 g/mol. The zero-order valence-electron chi connectivity index (χ0n) is 26.1. The normalized spacial score (nSPS) is 21.9. The Balaban J connectivity index is 1.20. The molecule has 2 aromatic rings. The van der Waals surface area contributed by atoms with Gasteiger partial charge in [0.15, 0.2) is 6.29 Å². The van der Waals surface area contributed by atoms with Crippen LogP contribution >= 0.6 is 0 Å². The number of esters is 1. The zero-order valence-corrected chi connectivity index (χ0v) is 26.1. The Morgan fingerprint density at radius 1 is 0.771 bits per heavy atom. The van der Waals surface area contributed by atoms with Crippen LogP contribution in [0.2, 0.25) is 0 Å². The molecular weight excluding hydrogens is 663 g/mol. The second-order valence-electron chi connectivity index (χ2n) is 12.0. The summed E-state index contributed by atoms with van der Waals surface area (Å²) in [5, 5.41) is 0. The molecule has 2 aromatic carbocycles. The predicted octanol–water partition coefficient (Wildman–Crippen LogP) is 9.26. The molecule has 4 atom stereocenters. The Hall–Kier alpha value is -3.20. The van der Waals surface area contributed by atoms with Gasteiger partial charge in [-0.15, -0.1) is 0 Å². The van der Waals surface area contributed by atoms with Gasteiger partial charge in [0.05, 0.1) is 24.9 Å². The fraction of sp³-hybridized carbons (Fsp3) is 0.606. The van der Waals surface area contributed by atoms with Crippen LogP contribution in [0.4, 0.5) is 39.5 Å². The second-order valence-corrected chi connectivity index (χ2v) is 12.0. The Labute approximate surface area is 271 Å². The molecule has 48 heavy (non-hydrogen) atoms. The topological polar surface area (TPSA) is 63.2 Å². The van der Waals surface area contributed by atoms with Gasteiger partial charge in [0.2, 0.25) is 0 Å². The summed E-state index contributed by atoms with van der Waals surface area (Å²) < 4.78 is 148. The Morgan fingerprint density at radius 2 is 1.38 bits per heavy atom. The number of fused-ring (bicyclic) bond motifs is 1. The first-order chi connectivity index (χ1) is 22.6. The van der Waals surface area contributed by atoms with E-state index in [4.69, 9.17) is 23.7 Å². The van der Waals surface area contributed by atoms with Crippen molar-refractivity contribution in [3.05, 3.63) is 54.1 Å². The SMILES string of the molecule is CCCCCCCOc1ccc(C(=O)Oc2ccc(OC[C@@H]3CC[C@H]4[C@@H](CC(F)(F)C(F)(F)C(F)(F)C(F)(F)F)CO[C@H]4O3)cc2)cc1. The summed E-state index contributed by atoms with van der Waals surface area (Å²) in [6, 6.07) is 12.7. The van der Waals surface area contributed by atoms with Gasteiger partial charge in [0, 0.05) is 12.3 Å². The zero-order chi connectivity index (χ0) is 35.2. The molecule has 0 bridgehead atoms. The van der Waals surface area contributed by atoms with Crippen LogP contribution in [-0.2, 0) is 9.47 Å². The van der Waals surface area contributed by atoms with E-state index >= 15 is 0 Å². The quantitative estimate of drug-likeness (QED) is 0.0753. The van der Waals surface area contributed by atoms with Gasteiger partial charge < -0.3 is 23.7 Å². The van der Waals surface area contributed by atoms with Gasteiger partial charge in [-0.3, -0.25) is 0 Å². The minimum atomic E-state index is -6.93. The molecule has 0 aliphatic carbocycles. The number of ether oxygens (including phenoxy) is 5. The summed E-state index contributed by atoms with van der Waals surface area (Å²) in [6.45, 7) is 2.14. The van der Waals surface area contributed by atoms with E-state index in [1.54, 1.807) is 24.3 Å². The Kier molecular flexibility index (Phi) is 12.2. The van der Waals surface area contributed by atoms with E-state index in [0.29, 0.717) is 23.7 Å². The Morgan fingerprint density at radius 3 is 2.02 bits per heavy atom. The maximum Gasteiger partial charge on any atom is 0.460 e. The molecule has 2 saturated heterocycles. The number of hydrogen-bond acceptors (Lipinski definition) is 6. The predicted molar refractivity (Wildman–Crippen MR) is 154 cm³/mol. The molecule has 0 N–H and O–H groups in total. The molecule has 0 unspecified atom stereocenters. The van der Waals surface area contributed by atoms with Gasteiger partial charge >= 0.3 is 29.9 Å².